The van der Waals surface area contributed by atoms with Gasteiger partial charge in [0.25, 0.3) is 0 Å². The molecule has 0 aliphatic heterocycles. The van der Waals surface area contributed by atoms with Crippen LogP contribution in [0.25, 0.3) is 0 Å². The molecule has 0 rings (SSSR count). The van der Waals surface area contributed by atoms with Crippen molar-refractivity contribution in [1.29, 1.82) is 0 Å². The number of allylic oxidation sites excluding steroid dienone is 18. The Morgan fingerprint density at radius 2 is 1.02 bits per heavy atom. The van der Waals surface area contributed by atoms with E-state index in [2.05, 4.69) is 111 Å². The molecule has 0 aliphatic rings. The summed E-state index contributed by atoms with van der Waals surface area (Å²) in [5.74, 6) is -0.959. The highest BCUT2D eigenvalue weighted by molar-refractivity contribution is 7.47. The van der Waals surface area contributed by atoms with E-state index in [4.69, 9.17) is 18.5 Å². The minimum absolute atomic E-state index is 0.0189. The molecular weight excluding hydrogens is 737 g/mol. The predicted molar refractivity (Wildman–Crippen MR) is 238 cm³/mol. The van der Waals surface area contributed by atoms with Crippen LogP contribution in [0.4, 0.5) is 0 Å². The molecule has 0 aromatic carbocycles. The molecule has 0 spiro atoms. The van der Waals surface area contributed by atoms with Crippen molar-refractivity contribution in [2.45, 2.75) is 136 Å². The number of nitrogens with zero attached hydrogens (tertiary/aromatic N) is 1. The summed E-state index contributed by atoms with van der Waals surface area (Å²) < 4.78 is 33.3. The smallest absolute Gasteiger partial charge is 0.462 e. The van der Waals surface area contributed by atoms with Crippen molar-refractivity contribution in [3.63, 3.8) is 0 Å². The minimum atomic E-state index is -4.40. The quantitative estimate of drug-likeness (QED) is 0.0283. The molecule has 0 aromatic heterocycles. The van der Waals surface area contributed by atoms with Gasteiger partial charge in [0.05, 0.1) is 13.2 Å². The Balaban J connectivity index is 4.54. The van der Waals surface area contributed by atoms with Gasteiger partial charge in [0, 0.05) is 19.4 Å². The molecule has 57 heavy (non-hydrogen) atoms. The molecule has 0 aromatic rings. The van der Waals surface area contributed by atoms with Crippen LogP contribution in [0.1, 0.15) is 129 Å². The van der Waals surface area contributed by atoms with Gasteiger partial charge in [-0.1, -0.05) is 136 Å². The van der Waals surface area contributed by atoms with E-state index >= 15 is 0 Å². The third kappa shape index (κ3) is 42.1. The van der Waals surface area contributed by atoms with E-state index in [-0.39, 0.29) is 26.1 Å². The fraction of sp³-hybridized carbons (Fsp3) is 0.574. The van der Waals surface area contributed by atoms with Crippen molar-refractivity contribution < 1.29 is 37.6 Å². The van der Waals surface area contributed by atoms with Crippen LogP contribution < -0.4 is 0 Å². The van der Waals surface area contributed by atoms with Crippen LogP contribution in [0.5, 0.6) is 0 Å². The molecule has 322 valence electrons. The molecule has 0 saturated heterocycles. The highest BCUT2D eigenvalue weighted by Gasteiger charge is 2.26. The number of likely N-dealkylation sites (N-methyl/N-ethyl adjacent to an activating group) is 1. The van der Waals surface area contributed by atoms with Gasteiger partial charge in [0.1, 0.15) is 6.61 Å². The number of phosphoric acid groups is 1. The zero-order valence-corrected chi connectivity index (χ0v) is 36.6. The predicted octanol–water partition coefficient (Wildman–Crippen LogP) is 12.2. The SMILES string of the molecule is CC/C=C\C/C=C\C/C=C\C/C=C\C/C=C\C/C=C\CCC(=O)OC(COC(=O)CCCC/C=C\C/C=C\C/C=C\CCCCC)COP(=O)(O)OCCN(C)C. The average Bonchev–Trinajstić information content (AvgIpc) is 3.18. The number of rotatable bonds is 37. The summed E-state index contributed by atoms with van der Waals surface area (Å²) in [4.78, 5) is 36.9. The molecular formula is C47H76NO8P. The van der Waals surface area contributed by atoms with Crippen molar-refractivity contribution in [1.82, 2.24) is 4.90 Å². The lowest BCUT2D eigenvalue weighted by atomic mass is 10.1. The van der Waals surface area contributed by atoms with Crippen LogP contribution in [0.15, 0.2) is 109 Å². The Hall–Kier alpha value is -3.33. The van der Waals surface area contributed by atoms with Gasteiger partial charge in [-0.3, -0.25) is 18.6 Å². The lowest BCUT2D eigenvalue weighted by Crippen LogP contribution is -2.29. The Bertz CT molecular complexity index is 1310. The van der Waals surface area contributed by atoms with Gasteiger partial charge in [0.2, 0.25) is 0 Å². The second-order valence-electron chi connectivity index (χ2n) is 13.8. The summed E-state index contributed by atoms with van der Waals surface area (Å²) in [6, 6.07) is 0. The van der Waals surface area contributed by atoms with E-state index < -0.39 is 32.5 Å². The van der Waals surface area contributed by atoms with Gasteiger partial charge in [-0.15, -0.1) is 0 Å². The van der Waals surface area contributed by atoms with E-state index in [0.717, 1.165) is 70.6 Å². The maximum absolute atomic E-state index is 12.6. The highest BCUT2D eigenvalue weighted by Crippen LogP contribution is 2.43. The molecule has 0 aliphatic carbocycles. The molecule has 0 radical (unpaired) electrons. The normalized spacial score (nSPS) is 14.5. The first-order chi connectivity index (χ1) is 27.7. The zero-order chi connectivity index (χ0) is 41.9. The first-order valence-electron chi connectivity index (χ1n) is 21.2. The molecule has 1 N–H and O–H groups in total. The largest absolute Gasteiger partial charge is 0.472 e. The first kappa shape index (κ1) is 53.7. The van der Waals surface area contributed by atoms with E-state index in [1.165, 1.54) is 19.3 Å². The van der Waals surface area contributed by atoms with Crippen molar-refractivity contribution in [3.8, 4) is 0 Å². The van der Waals surface area contributed by atoms with Crippen LogP contribution in [0.2, 0.25) is 0 Å². The Morgan fingerprint density at radius 1 is 0.561 bits per heavy atom. The van der Waals surface area contributed by atoms with E-state index in [1.807, 2.05) is 26.2 Å². The molecule has 0 saturated carbocycles. The average molecular weight is 814 g/mol. The topological polar surface area (TPSA) is 112 Å². The van der Waals surface area contributed by atoms with Crippen molar-refractivity contribution in [2.75, 3.05) is 40.5 Å². The van der Waals surface area contributed by atoms with Crippen molar-refractivity contribution in [2.24, 2.45) is 0 Å². The monoisotopic (exact) mass is 814 g/mol. The molecule has 0 amide bonds. The van der Waals surface area contributed by atoms with E-state index in [9.17, 15) is 19.0 Å². The lowest BCUT2D eigenvalue weighted by Gasteiger charge is -2.20. The van der Waals surface area contributed by atoms with Gasteiger partial charge in [0.15, 0.2) is 6.10 Å². The fourth-order valence-electron chi connectivity index (χ4n) is 4.83. The second kappa shape index (κ2) is 40.9. The fourth-order valence-corrected chi connectivity index (χ4v) is 5.58. The molecule has 9 nitrogen and oxygen atoms in total. The Morgan fingerprint density at radius 3 is 1.49 bits per heavy atom. The standard InChI is InChI=1S/C47H76NO8P/c1-5-7-9-11-13-15-17-19-21-22-23-24-26-28-30-32-34-36-38-40-47(50)56-45(44-55-57(51,52)54-42-41-48(3)4)43-53-46(49)39-37-35-33-31-29-27-25-20-18-16-14-12-10-8-6-2/h7,9,13-16,19-21,23-25,28-31,34,36,45H,5-6,8,10-12,17-18,22,26-27,32-33,35,37-44H2,1-4H3,(H,51,52)/b9-7-,15-13-,16-14-,21-19-,24-23-,25-20-,30-28-,31-29-,36-34-. The van der Waals surface area contributed by atoms with Gasteiger partial charge >= 0.3 is 19.8 Å². The van der Waals surface area contributed by atoms with E-state index in [1.54, 1.807) is 4.90 Å². The van der Waals surface area contributed by atoms with Crippen molar-refractivity contribution >= 4 is 19.8 Å². The summed E-state index contributed by atoms with van der Waals surface area (Å²) >= 11 is 0. The van der Waals surface area contributed by atoms with Crippen LogP contribution >= 0.6 is 7.82 Å². The summed E-state index contributed by atoms with van der Waals surface area (Å²) in [6.07, 6.45) is 53.0. The van der Waals surface area contributed by atoms with Gasteiger partial charge in [-0.05, 0) is 104 Å². The third-order valence-electron chi connectivity index (χ3n) is 8.08. The van der Waals surface area contributed by atoms with Crippen LogP contribution in [-0.2, 0) is 32.7 Å². The number of unbranched alkanes of at least 4 members (excludes halogenated alkanes) is 5. The molecule has 10 heteroatoms. The number of hydrogen-bond donors (Lipinski definition) is 1. The number of ether oxygens (including phenoxy) is 2. The Kier molecular flexibility index (Phi) is 38.5. The molecule has 0 bridgehead atoms. The Labute approximate surface area is 346 Å². The molecule has 2 unspecified atom stereocenters. The van der Waals surface area contributed by atoms with Crippen LogP contribution in [-0.4, -0.2) is 68.3 Å². The number of phosphoric ester groups is 1. The van der Waals surface area contributed by atoms with Crippen LogP contribution in [0.3, 0.4) is 0 Å². The molecule has 2 atom stereocenters. The van der Waals surface area contributed by atoms with Gasteiger partial charge in [-0.25, -0.2) is 4.57 Å². The molecule has 0 heterocycles. The first-order valence-corrected chi connectivity index (χ1v) is 22.7. The van der Waals surface area contributed by atoms with E-state index in [0.29, 0.717) is 19.4 Å². The number of carbonyl (C=O) groups excluding carboxylic acids is 2. The van der Waals surface area contributed by atoms with Gasteiger partial charge < -0.3 is 19.3 Å². The zero-order valence-electron chi connectivity index (χ0n) is 35.7. The number of esters is 2. The second-order valence-corrected chi connectivity index (χ2v) is 15.2. The van der Waals surface area contributed by atoms with Gasteiger partial charge in [-0.2, -0.15) is 0 Å². The highest BCUT2D eigenvalue weighted by atomic mass is 31.2. The third-order valence-corrected chi connectivity index (χ3v) is 9.06. The molecule has 0 fully saturated rings. The maximum atomic E-state index is 12.6. The summed E-state index contributed by atoms with van der Waals surface area (Å²) in [7, 11) is -0.782. The summed E-state index contributed by atoms with van der Waals surface area (Å²) in [6.45, 7) is 4.01. The lowest BCUT2D eigenvalue weighted by molar-refractivity contribution is -0.161. The van der Waals surface area contributed by atoms with Crippen LogP contribution in [0, 0.1) is 0 Å². The maximum Gasteiger partial charge on any atom is 0.472 e. The number of carbonyl (C=O) groups is 2. The minimum Gasteiger partial charge on any atom is -0.462 e. The summed E-state index contributed by atoms with van der Waals surface area (Å²) in [5, 5.41) is 0. The number of hydrogen-bond acceptors (Lipinski definition) is 8. The summed E-state index contributed by atoms with van der Waals surface area (Å²) in [5.41, 5.74) is 0. The van der Waals surface area contributed by atoms with Crippen molar-refractivity contribution in [3.05, 3.63) is 109 Å².